The van der Waals surface area contributed by atoms with Crippen LogP contribution in [-0.2, 0) is 25.0 Å². The summed E-state index contributed by atoms with van der Waals surface area (Å²) in [5, 5.41) is 10.9. The van der Waals surface area contributed by atoms with Crippen LogP contribution in [0.3, 0.4) is 0 Å². The zero-order chi connectivity index (χ0) is 20.0. The van der Waals surface area contributed by atoms with Crippen LogP contribution in [0.15, 0.2) is 58.3 Å². The molecule has 3 aromatic rings. The van der Waals surface area contributed by atoms with E-state index in [4.69, 9.17) is 4.42 Å². The molecule has 8 heteroatoms. The third kappa shape index (κ3) is 6.59. The van der Waals surface area contributed by atoms with Gasteiger partial charge in [-0.2, -0.15) is 5.10 Å². The van der Waals surface area contributed by atoms with Gasteiger partial charge in [-0.3, -0.25) is 9.67 Å². The molecule has 2 heterocycles. The quantitative estimate of drug-likeness (QED) is 0.302. The lowest BCUT2D eigenvalue weighted by atomic mass is 9.94. The lowest BCUT2D eigenvalue weighted by Gasteiger charge is -2.14. The van der Waals surface area contributed by atoms with E-state index in [1.807, 2.05) is 29.1 Å². The van der Waals surface area contributed by atoms with E-state index >= 15 is 0 Å². The van der Waals surface area contributed by atoms with Gasteiger partial charge in [0.1, 0.15) is 5.76 Å². The minimum Gasteiger partial charge on any atom is -0.443 e. The smallest absolute Gasteiger partial charge is 0.213 e. The van der Waals surface area contributed by atoms with E-state index in [-0.39, 0.29) is 29.4 Å². The molecule has 0 aliphatic carbocycles. The molecule has 0 aliphatic heterocycles. The minimum atomic E-state index is -0.0521. The van der Waals surface area contributed by atoms with Gasteiger partial charge in [0.25, 0.3) is 0 Å². The van der Waals surface area contributed by atoms with Gasteiger partial charge in [-0.15, -0.1) is 24.0 Å². The summed E-state index contributed by atoms with van der Waals surface area (Å²) >= 11 is 0. The van der Waals surface area contributed by atoms with Gasteiger partial charge in [0.2, 0.25) is 5.89 Å². The molecule has 0 atom stereocenters. The molecule has 0 amide bonds. The van der Waals surface area contributed by atoms with Crippen LogP contribution in [0.2, 0.25) is 0 Å². The predicted octanol–water partition coefficient (Wildman–Crippen LogP) is 3.70. The van der Waals surface area contributed by atoms with Crippen LogP contribution in [0, 0.1) is 0 Å². The molecule has 0 aliphatic rings. The van der Waals surface area contributed by atoms with Gasteiger partial charge in [0.15, 0.2) is 5.96 Å². The normalized spacial score (nSPS) is 11.8. The Bertz CT molecular complexity index is 911. The van der Waals surface area contributed by atoms with Gasteiger partial charge in [0, 0.05) is 31.4 Å². The maximum Gasteiger partial charge on any atom is 0.213 e. The van der Waals surface area contributed by atoms with Gasteiger partial charge >= 0.3 is 0 Å². The Kier molecular flexibility index (Phi) is 8.24. The van der Waals surface area contributed by atoms with Crippen molar-refractivity contribution >= 4 is 29.9 Å². The van der Waals surface area contributed by atoms with Gasteiger partial charge in [-0.1, -0.05) is 45.0 Å². The Morgan fingerprint density at radius 3 is 2.45 bits per heavy atom. The van der Waals surface area contributed by atoms with Crippen molar-refractivity contribution in [2.45, 2.75) is 45.8 Å². The third-order valence-electron chi connectivity index (χ3n) is 4.38. The monoisotopic (exact) mass is 508 g/mol. The SMILES string of the molecule is CN=C(NCc1ncc(C(C)(C)C)o1)NCc1ccccc1Cn1cccn1.I. The lowest BCUT2D eigenvalue weighted by molar-refractivity contribution is 0.379. The Morgan fingerprint density at radius 2 is 1.83 bits per heavy atom. The fourth-order valence-electron chi connectivity index (χ4n) is 2.75. The molecule has 2 N–H and O–H groups in total. The van der Waals surface area contributed by atoms with Gasteiger partial charge < -0.3 is 15.1 Å². The van der Waals surface area contributed by atoms with Crippen LogP contribution >= 0.6 is 24.0 Å². The topological polar surface area (TPSA) is 80.3 Å². The summed E-state index contributed by atoms with van der Waals surface area (Å²) in [4.78, 5) is 8.63. The molecule has 0 radical (unpaired) electrons. The maximum absolute atomic E-state index is 5.82. The van der Waals surface area contributed by atoms with E-state index in [0.717, 1.165) is 12.3 Å². The molecule has 0 fully saturated rings. The molecular formula is C21H29IN6O. The number of benzene rings is 1. The first-order valence-corrected chi connectivity index (χ1v) is 9.39. The number of oxazole rings is 1. The van der Waals surface area contributed by atoms with E-state index in [1.54, 1.807) is 19.4 Å². The summed E-state index contributed by atoms with van der Waals surface area (Å²) in [6, 6.07) is 10.3. The van der Waals surface area contributed by atoms with Crippen LogP contribution in [0.5, 0.6) is 0 Å². The van der Waals surface area contributed by atoms with Gasteiger partial charge in [0.05, 0.1) is 19.3 Å². The molecule has 2 aromatic heterocycles. The molecule has 3 rings (SSSR count). The predicted molar refractivity (Wildman–Crippen MR) is 125 cm³/mol. The first kappa shape index (κ1) is 22.9. The number of nitrogens with one attached hydrogen (secondary N) is 2. The van der Waals surface area contributed by atoms with Crippen LogP contribution < -0.4 is 10.6 Å². The number of aromatic nitrogens is 3. The van der Waals surface area contributed by atoms with Crippen LogP contribution in [0.25, 0.3) is 0 Å². The van der Waals surface area contributed by atoms with Crippen molar-refractivity contribution in [3.8, 4) is 0 Å². The molecule has 0 spiro atoms. The van der Waals surface area contributed by atoms with E-state index < -0.39 is 0 Å². The highest BCUT2D eigenvalue weighted by atomic mass is 127. The Labute approximate surface area is 189 Å². The average molecular weight is 508 g/mol. The number of aliphatic imine (C=N–C) groups is 1. The summed E-state index contributed by atoms with van der Waals surface area (Å²) in [5.74, 6) is 2.22. The number of rotatable bonds is 6. The second kappa shape index (κ2) is 10.4. The summed E-state index contributed by atoms with van der Waals surface area (Å²) < 4.78 is 7.74. The highest BCUT2D eigenvalue weighted by molar-refractivity contribution is 14.0. The van der Waals surface area contributed by atoms with Crippen molar-refractivity contribution in [3.05, 3.63) is 71.7 Å². The molecular weight excluding hydrogens is 479 g/mol. The Hall–Kier alpha value is -2.36. The summed E-state index contributed by atoms with van der Waals surface area (Å²) in [6.07, 6.45) is 5.55. The van der Waals surface area contributed by atoms with Crippen LogP contribution in [-0.4, -0.2) is 27.8 Å². The highest BCUT2D eigenvalue weighted by Crippen LogP contribution is 2.22. The van der Waals surface area contributed by atoms with Crippen molar-refractivity contribution < 1.29 is 4.42 Å². The molecule has 0 saturated heterocycles. The van der Waals surface area contributed by atoms with Crippen molar-refractivity contribution in [1.82, 2.24) is 25.4 Å². The van der Waals surface area contributed by atoms with Gasteiger partial charge in [-0.25, -0.2) is 4.98 Å². The molecule has 156 valence electrons. The zero-order valence-electron chi connectivity index (χ0n) is 17.3. The Morgan fingerprint density at radius 1 is 1.10 bits per heavy atom. The average Bonchev–Trinajstić information content (AvgIpc) is 3.34. The maximum atomic E-state index is 5.82. The molecule has 1 aromatic carbocycles. The minimum absolute atomic E-state index is 0. The summed E-state index contributed by atoms with van der Waals surface area (Å²) in [6.45, 7) is 8.19. The van der Waals surface area contributed by atoms with E-state index in [1.165, 1.54) is 11.1 Å². The van der Waals surface area contributed by atoms with Crippen molar-refractivity contribution in [2.24, 2.45) is 4.99 Å². The molecule has 7 nitrogen and oxygen atoms in total. The number of nitrogens with zero attached hydrogens (tertiary/aromatic N) is 4. The molecule has 0 bridgehead atoms. The first-order chi connectivity index (χ1) is 13.5. The lowest BCUT2D eigenvalue weighted by Crippen LogP contribution is -2.36. The molecule has 29 heavy (non-hydrogen) atoms. The van der Waals surface area contributed by atoms with Crippen LogP contribution in [0.1, 0.15) is 43.5 Å². The highest BCUT2D eigenvalue weighted by Gasteiger charge is 2.19. The summed E-state index contributed by atoms with van der Waals surface area (Å²) in [5.41, 5.74) is 2.37. The second-order valence-electron chi connectivity index (χ2n) is 7.62. The number of guanidine groups is 1. The standard InChI is InChI=1S/C21H28N6O.HI/c1-21(2,3)18-13-23-19(28-18)14-25-20(22-4)24-12-16-8-5-6-9-17(16)15-27-11-7-10-26-27;/h5-11,13H,12,14-15H2,1-4H3,(H2,22,24,25);1H. The number of hydrogen-bond donors (Lipinski definition) is 2. The van der Waals surface area contributed by atoms with Crippen molar-refractivity contribution in [1.29, 1.82) is 0 Å². The van der Waals surface area contributed by atoms with Crippen molar-refractivity contribution in [2.75, 3.05) is 7.05 Å². The third-order valence-corrected chi connectivity index (χ3v) is 4.38. The fourth-order valence-corrected chi connectivity index (χ4v) is 2.75. The van der Waals surface area contributed by atoms with Crippen LogP contribution in [0.4, 0.5) is 0 Å². The Balaban J connectivity index is 0.00000300. The van der Waals surface area contributed by atoms with E-state index in [9.17, 15) is 0 Å². The largest absolute Gasteiger partial charge is 0.443 e. The van der Waals surface area contributed by atoms with E-state index in [0.29, 0.717) is 24.9 Å². The van der Waals surface area contributed by atoms with E-state index in [2.05, 4.69) is 58.6 Å². The van der Waals surface area contributed by atoms with Crippen molar-refractivity contribution in [3.63, 3.8) is 0 Å². The zero-order valence-corrected chi connectivity index (χ0v) is 19.7. The molecule has 0 unspecified atom stereocenters. The fraction of sp³-hybridized carbons (Fsp3) is 0.381. The number of halogens is 1. The second-order valence-corrected chi connectivity index (χ2v) is 7.62. The molecule has 0 saturated carbocycles. The number of hydrogen-bond acceptors (Lipinski definition) is 4. The summed E-state index contributed by atoms with van der Waals surface area (Å²) in [7, 11) is 1.75. The van der Waals surface area contributed by atoms with Gasteiger partial charge in [-0.05, 0) is 17.2 Å². The first-order valence-electron chi connectivity index (χ1n) is 9.39.